The first-order valence-corrected chi connectivity index (χ1v) is 7.12. The highest BCUT2D eigenvalue weighted by atomic mass is 28.2. The molecule has 0 amide bonds. The molecule has 0 saturated heterocycles. The molecule has 0 bridgehead atoms. The molecule has 0 spiro atoms. The Balaban J connectivity index is 2.68. The molecular formula is C14H22OSi. The van der Waals surface area contributed by atoms with Crippen molar-refractivity contribution in [2.24, 2.45) is 0 Å². The number of rotatable bonds is 5. The Hall–Kier alpha value is -0.863. The maximum absolute atomic E-state index is 6.01. The molecular weight excluding hydrogens is 212 g/mol. The molecule has 0 aliphatic carbocycles. The van der Waals surface area contributed by atoms with Crippen LogP contribution in [-0.4, -0.2) is 15.4 Å². The summed E-state index contributed by atoms with van der Waals surface area (Å²) in [5.74, 6) is 0. The highest BCUT2D eigenvalue weighted by Crippen LogP contribution is 2.13. The second kappa shape index (κ2) is 5.46. The van der Waals surface area contributed by atoms with Gasteiger partial charge in [-0.3, -0.25) is 0 Å². The Morgan fingerprint density at radius 3 is 2.69 bits per heavy atom. The van der Waals surface area contributed by atoms with E-state index in [2.05, 4.69) is 51.6 Å². The number of allylic oxidation sites excluding steroid dienone is 1. The molecule has 1 aromatic carbocycles. The van der Waals surface area contributed by atoms with Crippen molar-refractivity contribution in [3.05, 3.63) is 36.4 Å². The monoisotopic (exact) mass is 234 g/mol. The summed E-state index contributed by atoms with van der Waals surface area (Å²) >= 11 is 0. The van der Waals surface area contributed by atoms with Gasteiger partial charge >= 0.3 is 0 Å². The molecule has 0 atom stereocenters. The lowest BCUT2D eigenvalue weighted by atomic mass is 10.1. The fourth-order valence-electron chi connectivity index (χ4n) is 1.31. The topological polar surface area (TPSA) is 9.23 Å². The minimum absolute atomic E-state index is 0.0193. The van der Waals surface area contributed by atoms with Crippen molar-refractivity contribution < 1.29 is 4.43 Å². The van der Waals surface area contributed by atoms with E-state index in [0.29, 0.717) is 0 Å². The van der Waals surface area contributed by atoms with E-state index in [0.717, 1.165) is 12.0 Å². The first-order chi connectivity index (χ1) is 7.44. The standard InChI is InChI=1S/C14H22OSi/c1-6-14(4,5)15-16-13-9-7-8-12(10-13)11(2)3/h7-10H,2,6,16H2,1,3-5H3. The van der Waals surface area contributed by atoms with Crippen LogP contribution in [0.25, 0.3) is 5.57 Å². The molecule has 88 valence electrons. The summed E-state index contributed by atoms with van der Waals surface area (Å²) in [6.07, 6.45) is 1.06. The van der Waals surface area contributed by atoms with Crippen molar-refractivity contribution >= 4 is 20.5 Å². The predicted molar refractivity (Wildman–Crippen MR) is 74.8 cm³/mol. The van der Waals surface area contributed by atoms with Crippen LogP contribution < -0.4 is 5.19 Å². The minimum atomic E-state index is -0.621. The van der Waals surface area contributed by atoms with Gasteiger partial charge in [0.2, 0.25) is 0 Å². The van der Waals surface area contributed by atoms with Crippen molar-refractivity contribution in [2.75, 3.05) is 0 Å². The van der Waals surface area contributed by atoms with Crippen LogP contribution in [0.5, 0.6) is 0 Å². The third kappa shape index (κ3) is 3.95. The second-order valence-corrected chi connectivity index (χ2v) is 6.28. The lowest BCUT2D eigenvalue weighted by Gasteiger charge is -2.24. The Morgan fingerprint density at radius 1 is 1.44 bits per heavy atom. The molecule has 0 saturated carbocycles. The molecule has 1 aromatic rings. The first-order valence-electron chi connectivity index (χ1n) is 5.83. The van der Waals surface area contributed by atoms with Crippen LogP contribution in [0.1, 0.15) is 39.7 Å². The predicted octanol–water partition coefficient (Wildman–Crippen LogP) is 2.63. The van der Waals surface area contributed by atoms with Gasteiger partial charge in [-0.25, -0.2) is 0 Å². The molecule has 2 heteroatoms. The van der Waals surface area contributed by atoms with E-state index in [4.69, 9.17) is 4.43 Å². The maximum atomic E-state index is 6.01. The summed E-state index contributed by atoms with van der Waals surface area (Å²) in [5, 5.41) is 1.35. The Morgan fingerprint density at radius 2 is 2.12 bits per heavy atom. The van der Waals surface area contributed by atoms with E-state index < -0.39 is 9.76 Å². The van der Waals surface area contributed by atoms with E-state index in [1.54, 1.807) is 0 Å². The SMILES string of the molecule is C=C(C)c1cccc([SiH2]OC(C)(C)CC)c1. The fraction of sp³-hybridized carbons (Fsp3) is 0.429. The van der Waals surface area contributed by atoms with Gasteiger partial charge in [0.05, 0.1) is 5.60 Å². The zero-order chi connectivity index (χ0) is 12.2. The zero-order valence-electron chi connectivity index (χ0n) is 10.8. The van der Waals surface area contributed by atoms with Crippen LogP contribution in [0.4, 0.5) is 0 Å². The van der Waals surface area contributed by atoms with E-state index >= 15 is 0 Å². The second-order valence-electron chi connectivity index (χ2n) is 4.88. The lowest BCUT2D eigenvalue weighted by molar-refractivity contribution is 0.114. The van der Waals surface area contributed by atoms with Crippen molar-refractivity contribution in [3.8, 4) is 0 Å². The number of benzene rings is 1. The van der Waals surface area contributed by atoms with Crippen molar-refractivity contribution in [1.82, 2.24) is 0 Å². The fourth-order valence-corrected chi connectivity index (χ4v) is 2.60. The van der Waals surface area contributed by atoms with Crippen molar-refractivity contribution in [1.29, 1.82) is 0 Å². The Bertz CT molecular complexity index is 369. The van der Waals surface area contributed by atoms with Gasteiger partial charge in [0.1, 0.15) is 0 Å². The molecule has 0 aliphatic rings. The smallest absolute Gasteiger partial charge is 0.193 e. The van der Waals surface area contributed by atoms with E-state index in [1.807, 2.05) is 6.92 Å². The van der Waals surface area contributed by atoms with E-state index in [-0.39, 0.29) is 5.60 Å². The van der Waals surface area contributed by atoms with Gasteiger partial charge in [-0.15, -0.1) is 0 Å². The van der Waals surface area contributed by atoms with Crippen LogP contribution in [0.2, 0.25) is 0 Å². The molecule has 0 fully saturated rings. The average molecular weight is 234 g/mol. The molecule has 16 heavy (non-hydrogen) atoms. The van der Waals surface area contributed by atoms with Gasteiger partial charge in [0.25, 0.3) is 0 Å². The highest BCUT2D eigenvalue weighted by molar-refractivity contribution is 6.47. The van der Waals surface area contributed by atoms with Crippen LogP contribution in [0, 0.1) is 0 Å². The highest BCUT2D eigenvalue weighted by Gasteiger charge is 2.14. The van der Waals surface area contributed by atoms with Gasteiger partial charge in [0.15, 0.2) is 9.76 Å². The lowest BCUT2D eigenvalue weighted by Crippen LogP contribution is -2.30. The van der Waals surface area contributed by atoms with Crippen LogP contribution in [0.15, 0.2) is 30.8 Å². The zero-order valence-corrected chi connectivity index (χ0v) is 12.3. The van der Waals surface area contributed by atoms with Crippen LogP contribution in [-0.2, 0) is 4.43 Å². The number of hydrogen-bond donors (Lipinski definition) is 0. The van der Waals surface area contributed by atoms with Crippen LogP contribution in [0.3, 0.4) is 0 Å². The molecule has 1 rings (SSSR count). The summed E-state index contributed by atoms with van der Waals surface area (Å²) in [5.41, 5.74) is 2.36. The molecule has 0 aliphatic heterocycles. The third-order valence-corrected chi connectivity index (χ3v) is 4.60. The average Bonchev–Trinajstić information content (AvgIpc) is 2.27. The number of hydrogen-bond acceptors (Lipinski definition) is 1. The summed E-state index contributed by atoms with van der Waals surface area (Å²) in [7, 11) is -0.621. The van der Waals surface area contributed by atoms with Gasteiger partial charge in [-0.2, -0.15) is 0 Å². The third-order valence-electron chi connectivity index (χ3n) is 2.90. The minimum Gasteiger partial charge on any atom is -0.414 e. The van der Waals surface area contributed by atoms with Gasteiger partial charge in [-0.1, -0.05) is 43.3 Å². The van der Waals surface area contributed by atoms with Gasteiger partial charge in [0, 0.05) is 0 Å². The van der Waals surface area contributed by atoms with Gasteiger partial charge < -0.3 is 4.43 Å². The molecule has 1 nitrogen and oxygen atoms in total. The summed E-state index contributed by atoms with van der Waals surface area (Å²) in [6.45, 7) is 12.5. The van der Waals surface area contributed by atoms with Crippen molar-refractivity contribution in [3.63, 3.8) is 0 Å². The quantitative estimate of drug-likeness (QED) is 0.712. The largest absolute Gasteiger partial charge is 0.414 e. The Kier molecular flexibility index (Phi) is 4.51. The van der Waals surface area contributed by atoms with Gasteiger partial charge in [-0.05, 0) is 37.9 Å². The Labute approximate surface area is 101 Å². The summed E-state index contributed by atoms with van der Waals surface area (Å²) in [4.78, 5) is 0. The first kappa shape index (κ1) is 13.2. The summed E-state index contributed by atoms with van der Waals surface area (Å²) in [6, 6.07) is 8.56. The molecule has 0 N–H and O–H groups in total. The van der Waals surface area contributed by atoms with E-state index in [9.17, 15) is 0 Å². The molecule has 0 unspecified atom stereocenters. The van der Waals surface area contributed by atoms with Crippen molar-refractivity contribution in [2.45, 2.75) is 39.7 Å². The van der Waals surface area contributed by atoms with Crippen LogP contribution >= 0.6 is 0 Å². The molecule has 0 aromatic heterocycles. The summed E-state index contributed by atoms with van der Waals surface area (Å²) < 4.78 is 6.01. The van der Waals surface area contributed by atoms with E-state index in [1.165, 1.54) is 10.8 Å². The normalized spacial score (nSPS) is 12.2. The molecule has 0 heterocycles. The maximum Gasteiger partial charge on any atom is 0.193 e. The molecule has 0 radical (unpaired) electrons.